The van der Waals surface area contributed by atoms with Crippen LogP contribution in [0.2, 0.25) is 0 Å². The molecule has 2 aromatic carbocycles. The summed E-state index contributed by atoms with van der Waals surface area (Å²) in [5, 5.41) is 0. The second-order valence-corrected chi connectivity index (χ2v) is 9.40. The molecule has 1 fully saturated rings. The molecule has 1 amide bonds. The van der Waals surface area contributed by atoms with E-state index >= 15 is 0 Å². The molecule has 0 aliphatic carbocycles. The van der Waals surface area contributed by atoms with Gasteiger partial charge in [-0.15, -0.1) is 0 Å². The summed E-state index contributed by atoms with van der Waals surface area (Å²) >= 11 is 0. The maximum atomic E-state index is 14.9. The van der Waals surface area contributed by atoms with Crippen LogP contribution in [0.15, 0.2) is 70.8 Å². The number of aryl methyl sites for hydroxylation is 1. The van der Waals surface area contributed by atoms with Crippen LogP contribution in [0.25, 0.3) is 0 Å². The van der Waals surface area contributed by atoms with Gasteiger partial charge in [-0.2, -0.15) is 4.39 Å². The van der Waals surface area contributed by atoms with Crippen molar-refractivity contribution in [3.8, 4) is 11.5 Å². The van der Waals surface area contributed by atoms with Crippen LogP contribution in [-0.2, 0) is 4.79 Å². The fourth-order valence-corrected chi connectivity index (χ4v) is 4.07. The van der Waals surface area contributed by atoms with Gasteiger partial charge >= 0.3 is 0 Å². The third kappa shape index (κ3) is 7.68. The first-order valence-corrected chi connectivity index (χ1v) is 12.5. The Morgan fingerprint density at radius 2 is 1.80 bits per heavy atom. The highest BCUT2D eigenvalue weighted by molar-refractivity contribution is 6.29. The Morgan fingerprint density at radius 1 is 1.12 bits per heavy atom. The van der Waals surface area contributed by atoms with Crippen LogP contribution in [-0.4, -0.2) is 42.5 Å². The second kappa shape index (κ2) is 14.3. The minimum atomic E-state index is -1.50. The molecule has 1 saturated heterocycles. The third-order valence-electron chi connectivity index (χ3n) is 6.07. The van der Waals surface area contributed by atoms with E-state index in [9.17, 15) is 22.4 Å². The molecule has 1 heterocycles. The molecule has 1 aliphatic heterocycles. The summed E-state index contributed by atoms with van der Waals surface area (Å²) in [7, 11) is 1.46. The van der Waals surface area contributed by atoms with E-state index in [2.05, 4.69) is 30.1 Å². The molecule has 0 bridgehead atoms. The summed E-state index contributed by atoms with van der Waals surface area (Å²) in [6.07, 6.45) is 3.78. The lowest BCUT2D eigenvalue weighted by atomic mass is 9.97. The highest BCUT2D eigenvalue weighted by Gasteiger charge is 2.22. The summed E-state index contributed by atoms with van der Waals surface area (Å²) in [4.78, 5) is 20.9. The third-order valence-corrected chi connectivity index (χ3v) is 6.07. The highest BCUT2D eigenvalue weighted by Crippen LogP contribution is 2.32. The van der Waals surface area contributed by atoms with Gasteiger partial charge in [0.05, 0.1) is 5.71 Å². The first-order valence-electron chi connectivity index (χ1n) is 12.5. The van der Waals surface area contributed by atoms with E-state index in [0.717, 1.165) is 31.1 Å². The van der Waals surface area contributed by atoms with Crippen molar-refractivity contribution in [1.82, 2.24) is 4.90 Å². The molecule has 6 nitrogen and oxygen atoms in total. The molecule has 0 radical (unpaired) electrons. The molecule has 0 spiro atoms. The van der Waals surface area contributed by atoms with Gasteiger partial charge in [-0.05, 0) is 62.9 Å². The number of carbonyl (C=O) groups is 1. The minimum absolute atomic E-state index is 0.0691. The first kappa shape index (κ1) is 32.0. The molecule has 1 unspecified atom stereocenters. The number of nitrogens with zero attached hydrogens (tertiary/aromatic N) is 3. The number of aliphatic imine (C=N–C) groups is 2. The Morgan fingerprint density at radius 3 is 2.30 bits per heavy atom. The fourth-order valence-electron chi connectivity index (χ4n) is 4.07. The van der Waals surface area contributed by atoms with E-state index in [-0.39, 0.29) is 34.3 Å². The number of ether oxygens (including phenoxy) is 1. The summed E-state index contributed by atoms with van der Waals surface area (Å²) < 4.78 is 61.7. The Labute approximate surface area is 232 Å². The van der Waals surface area contributed by atoms with Crippen molar-refractivity contribution in [1.29, 1.82) is 0 Å². The van der Waals surface area contributed by atoms with Gasteiger partial charge < -0.3 is 15.4 Å². The SMILES string of the molecule is C=CC(=O)N1CCC(C)C1.C=CN=C(N)C(C(=NC)c1ccc(Oc2c(F)c(C)cc(F)c2F)cc1F)=C(C)C. The van der Waals surface area contributed by atoms with Gasteiger partial charge in [-0.25, -0.2) is 18.2 Å². The fraction of sp³-hybridized carbons (Fsp3) is 0.300. The number of amidine groups is 1. The standard InChI is InChI=1S/C22H21F4N3O.C8H13NO/c1-6-29-22(27)17(11(2)3)20(28-5)14-8-7-13(10-15(14)23)30-21-18(25)12(4)9-16(24)19(21)26;1-3-8(10)9-5-4-7(2)6-9/h6-10H,1H2,2-5H3,(H2,27,29);3,7H,1,4-6H2,2H3. The highest BCUT2D eigenvalue weighted by atomic mass is 19.2. The van der Waals surface area contributed by atoms with Crippen LogP contribution in [0.1, 0.15) is 38.3 Å². The molecule has 40 heavy (non-hydrogen) atoms. The number of halogens is 4. The van der Waals surface area contributed by atoms with Crippen molar-refractivity contribution < 1.29 is 27.1 Å². The van der Waals surface area contributed by atoms with Gasteiger partial charge in [0.2, 0.25) is 17.5 Å². The summed E-state index contributed by atoms with van der Waals surface area (Å²) in [6.45, 7) is 15.7. The van der Waals surface area contributed by atoms with Crippen molar-refractivity contribution in [3.05, 3.63) is 95.2 Å². The molecule has 3 rings (SSSR count). The molecular formula is C30H34F4N4O2. The smallest absolute Gasteiger partial charge is 0.245 e. The number of allylic oxidation sites excluding steroid dienone is 1. The van der Waals surface area contributed by atoms with E-state index < -0.39 is 29.0 Å². The number of carbonyl (C=O) groups excluding carboxylic acids is 1. The van der Waals surface area contributed by atoms with E-state index in [1.54, 1.807) is 13.8 Å². The quantitative estimate of drug-likeness (QED) is 0.136. The number of nitrogens with two attached hydrogens (primary N) is 1. The lowest BCUT2D eigenvalue weighted by Gasteiger charge is -2.15. The van der Waals surface area contributed by atoms with Crippen LogP contribution < -0.4 is 10.5 Å². The summed E-state index contributed by atoms with van der Waals surface area (Å²) in [5.41, 5.74) is 7.26. The average molecular weight is 559 g/mol. The van der Waals surface area contributed by atoms with Crippen LogP contribution in [0.5, 0.6) is 11.5 Å². The topological polar surface area (TPSA) is 80.3 Å². The van der Waals surface area contributed by atoms with E-state index in [0.29, 0.717) is 17.6 Å². The molecule has 214 valence electrons. The molecule has 10 heteroatoms. The van der Waals surface area contributed by atoms with Gasteiger partial charge in [-0.1, -0.05) is 25.7 Å². The minimum Gasteiger partial charge on any atom is -0.451 e. The first-order chi connectivity index (χ1) is 18.9. The van der Waals surface area contributed by atoms with Crippen LogP contribution in [0.3, 0.4) is 0 Å². The Hall–Kier alpha value is -4.21. The maximum absolute atomic E-state index is 14.9. The van der Waals surface area contributed by atoms with Crippen molar-refractivity contribution in [3.63, 3.8) is 0 Å². The predicted octanol–water partition coefficient (Wildman–Crippen LogP) is 6.64. The van der Waals surface area contributed by atoms with Gasteiger partial charge in [0, 0.05) is 43.5 Å². The molecular weight excluding hydrogens is 524 g/mol. The molecule has 2 aromatic rings. The van der Waals surface area contributed by atoms with Crippen LogP contribution in [0, 0.1) is 36.1 Å². The molecule has 0 aromatic heterocycles. The largest absolute Gasteiger partial charge is 0.451 e. The zero-order valence-corrected chi connectivity index (χ0v) is 23.3. The molecule has 0 saturated carbocycles. The van der Waals surface area contributed by atoms with Gasteiger partial charge in [0.1, 0.15) is 17.4 Å². The number of likely N-dealkylation sites (tertiary alicyclic amines) is 1. The second-order valence-electron chi connectivity index (χ2n) is 9.40. The van der Waals surface area contributed by atoms with Gasteiger partial charge in [0.25, 0.3) is 0 Å². The van der Waals surface area contributed by atoms with Crippen molar-refractivity contribution in [2.45, 2.75) is 34.1 Å². The van der Waals surface area contributed by atoms with Gasteiger partial charge in [0.15, 0.2) is 11.6 Å². The Bertz CT molecular complexity index is 1350. The lowest BCUT2D eigenvalue weighted by molar-refractivity contribution is -0.125. The number of benzene rings is 2. The maximum Gasteiger partial charge on any atom is 0.245 e. The number of hydrogen-bond acceptors (Lipinski definition) is 4. The van der Waals surface area contributed by atoms with Gasteiger partial charge in [-0.3, -0.25) is 9.79 Å². The Balaban J connectivity index is 0.000000469. The van der Waals surface area contributed by atoms with Crippen LogP contribution >= 0.6 is 0 Å². The zero-order valence-electron chi connectivity index (χ0n) is 23.3. The normalized spacial score (nSPS) is 15.2. The summed E-state index contributed by atoms with van der Waals surface area (Å²) in [6, 6.07) is 4.23. The molecule has 1 aliphatic rings. The Kier molecular flexibility index (Phi) is 11.4. The molecule has 2 N–H and O–H groups in total. The van der Waals surface area contributed by atoms with E-state index in [1.807, 2.05) is 4.90 Å². The number of rotatable bonds is 7. The number of hydrogen-bond donors (Lipinski definition) is 1. The predicted molar refractivity (Wildman–Crippen MR) is 151 cm³/mol. The van der Waals surface area contributed by atoms with Crippen molar-refractivity contribution in [2.75, 3.05) is 20.1 Å². The number of amides is 1. The van der Waals surface area contributed by atoms with Crippen molar-refractivity contribution in [2.24, 2.45) is 21.6 Å². The average Bonchev–Trinajstić information content (AvgIpc) is 3.35. The van der Waals surface area contributed by atoms with Crippen molar-refractivity contribution >= 4 is 17.5 Å². The zero-order chi connectivity index (χ0) is 30.1. The summed E-state index contributed by atoms with van der Waals surface area (Å²) in [5.74, 6) is -4.96. The van der Waals surface area contributed by atoms with Crippen LogP contribution in [0.4, 0.5) is 17.6 Å². The van der Waals surface area contributed by atoms with E-state index in [1.165, 1.54) is 38.4 Å². The monoisotopic (exact) mass is 558 g/mol. The molecule has 1 atom stereocenters. The lowest BCUT2D eigenvalue weighted by Crippen LogP contribution is -2.26. The van der Waals surface area contributed by atoms with E-state index in [4.69, 9.17) is 10.5 Å².